The summed E-state index contributed by atoms with van der Waals surface area (Å²) in [6.07, 6.45) is 1.01. The number of halogens is 1. The van der Waals surface area contributed by atoms with Crippen LogP contribution in [0.1, 0.15) is 18.9 Å². The number of rotatable bonds is 8. The maximum Gasteiger partial charge on any atom is 0.215 e. The highest BCUT2D eigenvalue weighted by molar-refractivity contribution is 9.10. The van der Waals surface area contributed by atoms with Crippen LogP contribution in [-0.2, 0) is 16.6 Å². The molecule has 1 N–H and O–H groups in total. The first-order valence-electron chi connectivity index (χ1n) is 6.35. The number of sulfonamides is 1. The minimum absolute atomic E-state index is 0.133. The van der Waals surface area contributed by atoms with Crippen LogP contribution in [0.2, 0.25) is 0 Å². The Morgan fingerprint density at radius 2 is 1.95 bits per heavy atom. The zero-order valence-electron chi connectivity index (χ0n) is 11.4. The zero-order valence-corrected chi connectivity index (χ0v) is 13.8. The average molecular weight is 349 g/mol. The highest BCUT2D eigenvalue weighted by atomic mass is 79.9. The monoisotopic (exact) mass is 348 g/mol. The molecule has 108 valence electrons. The smallest absolute Gasteiger partial charge is 0.215 e. The number of hydrogen-bond donors (Lipinski definition) is 1. The maximum atomic E-state index is 12.1. The van der Waals surface area contributed by atoms with Gasteiger partial charge < -0.3 is 5.32 Å². The molecule has 0 aliphatic heterocycles. The topological polar surface area (TPSA) is 49.4 Å². The second kappa shape index (κ2) is 7.99. The van der Waals surface area contributed by atoms with Gasteiger partial charge in [-0.1, -0.05) is 41.1 Å². The minimum Gasteiger partial charge on any atom is -0.316 e. The SMILES string of the molecule is CCCNCCS(=O)(=O)N(C)Cc1ccccc1Br. The standard InChI is InChI=1S/C13H21BrN2O2S/c1-3-8-15-9-10-19(17,18)16(2)11-12-6-4-5-7-13(12)14/h4-7,15H,3,8-11H2,1-2H3. The Morgan fingerprint density at radius 1 is 1.26 bits per heavy atom. The molecule has 0 saturated carbocycles. The molecule has 0 aliphatic carbocycles. The Bertz CT molecular complexity index is 491. The number of hydrogen-bond acceptors (Lipinski definition) is 3. The molecule has 0 heterocycles. The fourth-order valence-corrected chi connectivity index (χ4v) is 3.08. The summed E-state index contributed by atoms with van der Waals surface area (Å²) in [5.74, 6) is 0.133. The van der Waals surface area contributed by atoms with Crippen molar-refractivity contribution in [1.29, 1.82) is 0 Å². The van der Waals surface area contributed by atoms with Gasteiger partial charge in [0.1, 0.15) is 0 Å². The summed E-state index contributed by atoms with van der Waals surface area (Å²) in [5.41, 5.74) is 0.968. The van der Waals surface area contributed by atoms with Crippen molar-refractivity contribution in [3.63, 3.8) is 0 Å². The molecule has 1 aromatic rings. The van der Waals surface area contributed by atoms with Gasteiger partial charge in [0, 0.05) is 24.6 Å². The molecule has 4 nitrogen and oxygen atoms in total. The minimum atomic E-state index is -3.21. The van der Waals surface area contributed by atoms with Crippen molar-refractivity contribution in [3.05, 3.63) is 34.3 Å². The molecule has 6 heteroatoms. The fraction of sp³-hybridized carbons (Fsp3) is 0.538. The van der Waals surface area contributed by atoms with E-state index in [-0.39, 0.29) is 5.75 Å². The Kier molecular flexibility index (Phi) is 6.99. The van der Waals surface area contributed by atoms with E-state index < -0.39 is 10.0 Å². The maximum absolute atomic E-state index is 12.1. The summed E-state index contributed by atoms with van der Waals surface area (Å²) in [4.78, 5) is 0. The Hall–Kier alpha value is -0.430. The Labute approximate surface area is 124 Å². The van der Waals surface area contributed by atoms with Crippen molar-refractivity contribution < 1.29 is 8.42 Å². The zero-order chi connectivity index (χ0) is 14.3. The Morgan fingerprint density at radius 3 is 2.58 bits per heavy atom. The van der Waals surface area contributed by atoms with Crippen LogP contribution in [0.25, 0.3) is 0 Å². The molecule has 1 aromatic carbocycles. The molecule has 0 radical (unpaired) electrons. The van der Waals surface area contributed by atoms with Crippen LogP contribution in [-0.4, -0.2) is 38.6 Å². The normalized spacial score (nSPS) is 12.0. The summed E-state index contributed by atoms with van der Waals surface area (Å²) in [5, 5.41) is 3.11. The van der Waals surface area contributed by atoms with Crippen LogP contribution in [0.15, 0.2) is 28.7 Å². The predicted molar refractivity (Wildman–Crippen MR) is 82.6 cm³/mol. The lowest BCUT2D eigenvalue weighted by Gasteiger charge is -2.18. The second-order valence-electron chi connectivity index (χ2n) is 4.41. The van der Waals surface area contributed by atoms with Crippen LogP contribution in [0.4, 0.5) is 0 Å². The third-order valence-corrected chi connectivity index (χ3v) is 5.36. The van der Waals surface area contributed by atoms with Crippen molar-refractivity contribution in [2.45, 2.75) is 19.9 Å². The van der Waals surface area contributed by atoms with E-state index in [0.29, 0.717) is 13.1 Å². The number of nitrogens with zero attached hydrogens (tertiary/aromatic N) is 1. The molecular formula is C13H21BrN2O2S. The summed E-state index contributed by atoms with van der Waals surface area (Å²) >= 11 is 3.43. The van der Waals surface area contributed by atoms with Crippen molar-refractivity contribution >= 4 is 26.0 Å². The van der Waals surface area contributed by atoms with E-state index in [4.69, 9.17) is 0 Å². The summed E-state index contributed by atoms with van der Waals surface area (Å²) in [6.45, 7) is 3.79. The van der Waals surface area contributed by atoms with Crippen LogP contribution in [0.5, 0.6) is 0 Å². The number of nitrogens with one attached hydrogen (secondary N) is 1. The first-order valence-corrected chi connectivity index (χ1v) is 8.75. The molecule has 0 unspecified atom stereocenters. The third-order valence-electron chi connectivity index (χ3n) is 2.79. The first-order chi connectivity index (χ1) is 8.97. The van der Waals surface area contributed by atoms with E-state index in [1.165, 1.54) is 4.31 Å². The molecule has 0 aromatic heterocycles. The van der Waals surface area contributed by atoms with Crippen LogP contribution < -0.4 is 5.32 Å². The van der Waals surface area contributed by atoms with Gasteiger partial charge in [0.15, 0.2) is 0 Å². The van der Waals surface area contributed by atoms with Crippen molar-refractivity contribution in [2.24, 2.45) is 0 Å². The molecule has 0 amide bonds. The van der Waals surface area contributed by atoms with Gasteiger partial charge in [-0.15, -0.1) is 0 Å². The average Bonchev–Trinajstić information content (AvgIpc) is 2.37. The van der Waals surface area contributed by atoms with E-state index >= 15 is 0 Å². The van der Waals surface area contributed by atoms with E-state index in [1.807, 2.05) is 24.3 Å². The van der Waals surface area contributed by atoms with E-state index in [0.717, 1.165) is 23.0 Å². The van der Waals surface area contributed by atoms with Gasteiger partial charge in [-0.3, -0.25) is 0 Å². The van der Waals surface area contributed by atoms with Gasteiger partial charge in [0.2, 0.25) is 10.0 Å². The highest BCUT2D eigenvalue weighted by Gasteiger charge is 2.18. The molecule has 0 bridgehead atoms. The van der Waals surface area contributed by atoms with Crippen LogP contribution >= 0.6 is 15.9 Å². The molecule has 0 spiro atoms. The highest BCUT2D eigenvalue weighted by Crippen LogP contribution is 2.18. The van der Waals surface area contributed by atoms with Crippen molar-refractivity contribution in [2.75, 3.05) is 25.9 Å². The van der Waals surface area contributed by atoms with E-state index in [1.54, 1.807) is 7.05 Å². The molecule has 0 atom stereocenters. The van der Waals surface area contributed by atoms with E-state index in [2.05, 4.69) is 28.2 Å². The lowest BCUT2D eigenvalue weighted by molar-refractivity contribution is 0.464. The van der Waals surface area contributed by atoms with Gasteiger partial charge >= 0.3 is 0 Å². The fourth-order valence-electron chi connectivity index (χ4n) is 1.62. The predicted octanol–water partition coefficient (Wildman–Crippen LogP) is 2.21. The molecular weight excluding hydrogens is 328 g/mol. The van der Waals surface area contributed by atoms with Gasteiger partial charge in [-0.25, -0.2) is 12.7 Å². The summed E-state index contributed by atoms with van der Waals surface area (Å²) in [7, 11) is -1.59. The van der Waals surface area contributed by atoms with Gasteiger partial charge in [-0.05, 0) is 24.6 Å². The largest absolute Gasteiger partial charge is 0.316 e. The first kappa shape index (κ1) is 16.6. The van der Waals surface area contributed by atoms with Gasteiger partial charge in [0.25, 0.3) is 0 Å². The Balaban J connectivity index is 2.56. The van der Waals surface area contributed by atoms with Crippen molar-refractivity contribution in [1.82, 2.24) is 9.62 Å². The second-order valence-corrected chi connectivity index (χ2v) is 7.46. The van der Waals surface area contributed by atoms with Gasteiger partial charge in [-0.2, -0.15) is 0 Å². The molecule has 1 rings (SSSR count). The van der Waals surface area contributed by atoms with Crippen molar-refractivity contribution in [3.8, 4) is 0 Å². The van der Waals surface area contributed by atoms with Gasteiger partial charge in [0.05, 0.1) is 5.75 Å². The van der Waals surface area contributed by atoms with Crippen LogP contribution in [0.3, 0.4) is 0 Å². The molecule has 0 saturated heterocycles. The number of benzene rings is 1. The summed E-state index contributed by atoms with van der Waals surface area (Å²) < 4.78 is 26.5. The summed E-state index contributed by atoms with van der Waals surface area (Å²) in [6, 6.07) is 7.66. The van der Waals surface area contributed by atoms with E-state index in [9.17, 15) is 8.42 Å². The molecule has 19 heavy (non-hydrogen) atoms. The molecule has 0 aliphatic rings. The lowest BCUT2D eigenvalue weighted by Crippen LogP contribution is -2.33. The third kappa shape index (κ3) is 5.60. The quantitative estimate of drug-likeness (QED) is 0.732. The van der Waals surface area contributed by atoms with Crippen LogP contribution in [0, 0.1) is 0 Å². The lowest BCUT2D eigenvalue weighted by atomic mass is 10.2. The molecule has 0 fully saturated rings.